The molecule has 1 atom stereocenters. The second-order valence-electron chi connectivity index (χ2n) is 9.79. The zero-order chi connectivity index (χ0) is 26.4. The van der Waals surface area contributed by atoms with Crippen molar-refractivity contribution in [2.45, 2.75) is 65.6 Å². The molecule has 0 unspecified atom stereocenters. The number of carbonyl (C=O) groups excluding carboxylic acids is 2. The molecule has 0 saturated heterocycles. The Kier molecular flexibility index (Phi) is 9.75. The van der Waals surface area contributed by atoms with Crippen LogP contribution in [0.4, 0.5) is 5.69 Å². The van der Waals surface area contributed by atoms with E-state index in [1.54, 1.807) is 37.3 Å². The number of nitrogens with zero attached hydrogens (tertiary/aromatic N) is 2. The Hall–Kier alpha value is -2.58. The van der Waals surface area contributed by atoms with Gasteiger partial charge in [0.25, 0.3) is 0 Å². The van der Waals surface area contributed by atoms with Crippen molar-refractivity contribution in [3.05, 3.63) is 64.7 Å². The lowest BCUT2D eigenvalue weighted by atomic mass is 10.1. The normalized spacial score (nSPS) is 12.7. The molecule has 0 heterocycles. The summed E-state index contributed by atoms with van der Waals surface area (Å²) in [4.78, 5) is 27.7. The van der Waals surface area contributed by atoms with Crippen LogP contribution >= 0.6 is 11.6 Å². The van der Waals surface area contributed by atoms with E-state index in [0.29, 0.717) is 17.1 Å². The van der Waals surface area contributed by atoms with Gasteiger partial charge in [-0.2, -0.15) is 0 Å². The molecule has 35 heavy (non-hydrogen) atoms. The molecule has 0 bridgehead atoms. The van der Waals surface area contributed by atoms with E-state index in [4.69, 9.17) is 11.6 Å². The van der Waals surface area contributed by atoms with Gasteiger partial charge in [0.1, 0.15) is 6.04 Å². The number of nitrogens with one attached hydrogen (secondary N) is 1. The van der Waals surface area contributed by atoms with Gasteiger partial charge < -0.3 is 10.2 Å². The fourth-order valence-electron chi connectivity index (χ4n) is 3.71. The summed E-state index contributed by atoms with van der Waals surface area (Å²) >= 11 is 6.12. The average molecular weight is 522 g/mol. The molecule has 192 valence electrons. The molecule has 0 aliphatic rings. The van der Waals surface area contributed by atoms with Crippen LogP contribution in [0.2, 0.25) is 5.02 Å². The Morgan fingerprint density at radius 2 is 1.74 bits per heavy atom. The molecule has 0 spiro atoms. The molecule has 2 aromatic carbocycles. The van der Waals surface area contributed by atoms with Gasteiger partial charge in [-0.15, -0.1) is 0 Å². The Balaban J connectivity index is 2.20. The summed E-state index contributed by atoms with van der Waals surface area (Å²) in [6, 6.07) is 13.7. The van der Waals surface area contributed by atoms with Crippen LogP contribution < -0.4 is 9.62 Å². The quantitative estimate of drug-likeness (QED) is 0.497. The van der Waals surface area contributed by atoms with Crippen molar-refractivity contribution in [1.29, 1.82) is 0 Å². The Morgan fingerprint density at radius 3 is 2.31 bits per heavy atom. The summed E-state index contributed by atoms with van der Waals surface area (Å²) in [6.07, 6.45) is 1.55. The number of para-hydroxylation sites is 1. The van der Waals surface area contributed by atoms with E-state index in [1.807, 2.05) is 45.9 Å². The lowest BCUT2D eigenvalue weighted by Crippen LogP contribution is -2.52. The molecule has 0 aliphatic carbocycles. The molecule has 9 heteroatoms. The molecular formula is C26H36ClN3O4S. The van der Waals surface area contributed by atoms with E-state index in [9.17, 15) is 18.0 Å². The molecule has 0 radical (unpaired) electrons. The van der Waals surface area contributed by atoms with E-state index < -0.39 is 21.6 Å². The molecular weight excluding hydrogens is 486 g/mol. The molecule has 0 aromatic heterocycles. The van der Waals surface area contributed by atoms with Crippen LogP contribution in [0.5, 0.6) is 0 Å². The fourth-order valence-corrected chi connectivity index (χ4v) is 4.95. The standard InChI is InChI=1S/C26H36ClN3O4S/c1-19-11-7-8-14-23(19)30(35(6,33)34)16-10-15-24(31)29(18-21-12-9-13-22(27)17-21)20(2)25(32)28-26(3,4)5/h7-9,11-14,17,20H,10,15-16,18H2,1-6H3,(H,28,32)/t20-/m0/s1. The van der Waals surface area contributed by atoms with Gasteiger partial charge >= 0.3 is 0 Å². The number of amides is 2. The van der Waals surface area contributed by atoms with Gasteiger partial charge in [-0.1, -0.05) is 41.9 Å². The molecule has 0 fully saturated rings. The lowest BCUT2D eigenvalue weighted by Gasteiger charge is -2.32. The maximum absolute atomic E-state index is 13.3. The van der Waals surface area contributed by atoms with Gasteiger partial charge in [0, 0.05) is 30.1 Å². The highest BCUT2D eigenvalue weighted by atomic mass is 35.5. The van der Waals surface area contributed by atoms with Gasteiger partial charge in [0.2, 0.25) is 21.8 Å². The number of rotatable bonds is 10. The second kappa shape index (κ2) is 11.9. The van der Waals surface area contributed by atoms with E-state index in [0.717, 1.165) is 17.4 Å². The first-order valence-electron chi connectivity index (χ1n) is 11.6. The summed E-state index contributed by atoms with van der Waals surface area (Å²) < 4.78 is 26.3. The summed E-state index contributed by atoms with van der Waals surface area (Å²) in [6.45, 7) is 9.56. The van der Waals surface area contributed by atoms with Crippen LogP contribution in [0.1, 0.15) is 51.7 Å². The molecule has 1 N–H and O–H groups in total. The van der Waals surface area contributed by atoms with Crippen molar-refractivity contribution in [1.82, 2.24) is 10.2 Å². The van der Waals surface area contributed by atoms with E-state index in [1.165, 1.54) is 9.21 Å². The van der Waals surface area contributed by atoms with Crippen LogP contribution in [-0.2, 0) is 26.2 Å². The topological polar surface area (TPSA) is 86.8 Å². The maximum atomic E-state index is 13.3. The summed E-state index contributed by atoms with van der Waals surface area (Å²) in [7, 11) is -3.53. The minimum atomic E-state index is -3.53. The molecule has 0 saturated carbocycles. The predicted molar refractivity (Wildman–Crippen MR) is 142 cm³/mol. The highest BCUT2D eigenvalue weighted by Crippen LogP contribution is 2.23. The Labute approximate surface area is 214 Å². The zero-order valence-corrected chi connectivity index (χ0v) is 22.9. The van der Waals surface area contributed by atoms with Crippen molar-refractivity contribution >= 4 is 39.1 Å². The third-order valence-corrected chi connectivity index (χ3v) is 6.86. The first kappa shape index (κ1) is 28.7. The van der Waals surface area contributed by atoms with Crippen molar-refractivity contribution in [2.24, 2.45) is 0 Å². The first-order chi connectivity index (χ1) is 16.2. The largest absolute Gasteiger partial charge is 0.350 e. The van der Waals surface area contributed by atoms with Crippen LogP contribution in [0.15, 0.2) is 48.5 Å². The van der Waals surface area contributed by atoms with Crippen LogP contribution in [-0.4, -0.2) is 49.5 Å². The van der Waals surface area contributed by atoms with E-state index in [-0.39, 0.29) is 31.3 Å². The Morgan fingerprint density at radius 1 is 1.09 bits per heavy atom. The Bertz CT molecular complexity index is 1150. The third-order valence-electron chi connectivity index (χ3n) is 5.44. The van der Waals surface area contributed by atoms with Crippen LogP contribution in [0.25, 0.3) is 0 Å². The van der Waals surface area contributed by atoms with Crippen molar-refractivity contribution in [3.8, 4) is 0 Å². The minimum Gasteiger partial charge on any atom is -0.350 e. The molecule has 7 nitrogen and oxygen atoms in total. The number of carbonyl (C=O) groups is 2. The SMILES string of the molecule is Cc1ccccc1N(CCCC(=O)N(Cc1cccc(Cl)c1)[C@@H](C)C(=O)NC(C)(C)C)S(C)(=O)=O. The number of hydrogen-bond donors (Lipinski definition) is 1. The monoisotopic (exact) mass is 521 g/mol. The fraction of sp³-hybridized carbons (Fsp3) is 0.462. The lowest BCUT2D eigenvalue weighted by molar-refractivity contribution is -0.141. The number of halogens is 1. The third kappa shape index (κ3) is 8.85. The summed E-state index contributed by atoms with van der Waals surface area (Å²) in [5, 5.41) is 3.47. The molecule has 2 amide bonds. The highest BCUT2D eigenvalue weighted by molar-refractivity contribution is 7.92. The molecule has 0 aliphatic heterocycles. The molecule has 2 rings (SSSR count). The van der Waals surface area contributed by atoms with Gasteiger partial charge in [0.05, 0.1) is 11.9 Å². The number of sulfonamides is 1. The predicted octanol–water partition coefficient (Wildman–Crippen LogP) is 4.53. The number of benzene rings is 2. The van der Waals surface area contributed by atoms with Gasteiger partial charge in [-0.3, -0.25) is 13.9 Å². The average Bonchev–Trinajstić information content (AvgIpc) is 2.73. The van der Waals surface area contributed by atoms with Gasteiger partial charge in [-0.25, -0.2) is 8.42 Å². The number of anilines is 1. The van der Waals surface area contributed by atoms with Gasteiger partial charge in [-0.05, 0) is 70.4 Å². The smallest absolute Gasteiger partial charge is 0.242 e. The minimum absolute atomic E-state index is 0.0889. The summed E-state index contributed by atoms with van der Waals surface area (Å²) in [5.74, 6) is -0.495. The van der Waals surface area contributed by atoms with Crippen LogP contribution in [0.3, 0.4) is 0 Å². The second-order valence-corrected chi connectivity index (χ2v) is 12.1. The van der Waals surface area contributed by atoms with Crippen LogP contribution in [0, 0.1) is 6.92 Å². The van der Waals surface area contributed by atoms with Crippen molar-refractivity contribution in [2.75, 3.05) is 17.1 Å². The summed E-state index contributed by atoms with van der Waals surface area (Å²) in [5.41, 5.74) is 1.79. The van der Waals surface area contributed by atoms with Crippen molar-refractivity contribution < 1.29 is 18.0 Å². The van der Waals surface area contributed by atoms with E-state index >= 15 is 0 Å². The molecule has 2 aromatic rings. The first-order valence-corrected chi connectivity index (χ1v) is 13.8. The number of aryl methyl sites for hydroxylation is 1. The number of hydrogen-bond acceptors (Lipinski definition) is 4. The van der Waals surface area contributed by atoms with Crippen molar-refractivity contribution in [3.63, 3.8) is 0 Å². The highest BCUT2D eigenvalue weighted by Gasteiger charge is 2.28. The maximum Gasteiger partial charge on any atom is 0.242 e. The van der Waals surface area contributed by atoms with Gasteiger partial charge in [0.15, 0.2) is 0 Å². The zero-order valence-electron chi connectivity index (χ0n) is 21.3. The van der Waals surface area contributed by atoms with E-state index in [2.05, 4.69) is 5.32 Å².